The van der Waals surface area contributed by atoms with Crippen molar-refractivity contribution in [3.63, 3.8) is 0 Å². The van der Waals surface area contributed by atoms with Crippen molar-refractivity contribution in [3.8, 4) is 0 Å². The van der Waals surface area contributed by atoms with Crippen LogP contribution in [0.25, 0.3) is 0 Å². The number of nitro groups is 1. The van der Waals surface area contributed by atoms with E-state index in [4.69, 9.17) is 0 Å². The zero-order chi connectivity index (χ0) is 11.7. The number of nitro benzene ring substituents is 1. The van der Waals surface area contributed by atoms with Crippen molar-refractivity contribution in [2.24, 2.45) is 0 Å². The van der Waals surface area contributed by atoms with Crippen LogP contribution in [0.15, 0.2) is 24.3 Å². The Balaban J connectivity index is 2.22. The van der Waals surface area contributed by atoms with E-state index in [2.05, 4.69) is 5.43 Å². The van der Waals surface area contributed by atoms with E-state index < -0.39 is 4.92 Å². The minimum atomic E-state index is -0.449. The fourth-order valence-corrected chi connectivity index (χ4v) is 1.70. The minimum absolute atomic E-state index is 0.0362. The van der Waals surface area contributed by atoms with Gasteiger partial charge < -0.3 is 0 Å². The molecule has 1 amide bonds. The number of rotatable bonds is 2. The van der Waals surface area contributed by atoms with Gasteiger partial charge in [-0.3, -0.25) is 25.3 Å². The number of nitrogens with one attached hydrogen (secondary N) is 1. The van der Waals surface area contributed by atoms with E-state index >= 15 is 0 Å². The Morgan fingerprint density at radius 3 is 2.50 bits per heavy atom. The molecule has 0 bridgehead atoms. The monoisotopic (exact) mass is 221 g/mol. The molecular formula is C10H11N3O3. The van der Waals surface area contributed by atoms with Crippen LogP contribution >= 0.6 is 0 Å². The van der Waals surface area contributed by atoms with Gasteiger partial charge in [0.05, 0.1) is 23.1 Å². The summed E-state index contributed by atoms with van der Waals surface area (Å²) in [4.78, 5) is 21.2. The molecule has 1 aliphatic rings. The van der Waals surface area contributed by atoms with Gasteiger partial charge in [0.1, 0.15) is 0 Å². The summed E-state index contributed by atoms with van der Waals surface area (Å²) in [5.74, 6) is -0.0362. The molecule has 16 heavy (non-hydrogen) atoms. The van der Waals surface area contributed by atoms with E-state index in [1.807, 2.05) is 6.92 Å². The second-order valence-electron chi connectivity index (χ2n) is 3.73. The molecule has 1 aromatic carbocycles. The molecule has 1 aliphatic heterocycles. The molecule has 1 unspecified atom stereocenters. The average Bonchev–Trinajstić information content (AvgIpc) is 2.58. The first-order chi connectivity index (χ1) is 7.58. The molecule has 0 radical (unpaired) electrons. The minimum Gasteiger partial charge on any atom is -0.282 e. The Kier molecular flexibility index (Phi) is 2.47. The maximum Gasteiger partial charge on any atom is 0.269 e. The van der Waals surface area contributed by atoms with Gasteiger partial charge in [-0.15, -0.1) is 0 Å². The van der Waals surface area contributed by atoms with Crippen molar-refractivity contribution in [2.75, 3.05) is 5.01 Å². The highest BCUT2D eigenvalue weighted by Crippen LogP contribution is 2.23. The first-order valence-corrected chi connectivity index (χ1v) is 4.91. The Morgan fingerprint density at radius 2 is 2.06 bits per heavy atom. The summed E-state index contributed by atoms with van der Waals surface area (Å²) in [6, 6.07) is 6.16. The van der Waals surface area contributed by atoms with Gasteiger partial charge >= 0.3 is 0 Å². The third-order valence-electron chi connectivity index (χ3n) is 2.51. The van der Waals surface area contributed by atoms with Gasteiger partial charge in [-0.2, -0.15) is 0 Å². The van der Waals surface area contributed by atoms with Gasteiger partial charge in [-0.05, 0) is 19.1 Å². The number of amides is 1. The molecule has 0 saturated carbocycles. The lowest BCUT2D eigenvalue weighted by Gasteiger charge is -2.22. The summed E-state index contributed by atoms with van der Waals surface area (Å²) in [5, 5.41) is 12.2. The van der Waals surface area contributed by atoms with Crippen molar-refractivity contribution < 1.29 is 9.72 Å². The number of anilines is 1. The number of hydrogen-bond donors (Lipinski definition) is 1. The fraction of sp³-hybridized carbons (Fsp3) is 0.300. The largest absolute Gasteiger partial charge is 0.282 e. The molecule has 6 heteroatoms. The summed E-state index contributed by atoms with van der Waals surface area (Å²) < 4.78 is 0. The molecule has 1 N–H and O–H groups in total. The summed E-state index contributed by atoms with van der Waals surface area (Å²) in [5.41, 5.74) is 3.49. The fourth-order valence-electron chi connectivity index (χ4n) is 1.70. The van der Waals surface area contributed by atoms with Crippen LogP contribution in [0.4, 0.5) is 11.4 Å². The number of carbonyl (C=O) groups is 1. The van der Waals surface area contributed by atoms with Crippen molar-refractivity contribution in [1.82, 2.24) is 5.43 Å². The van der Waals surface area contributed by atoms with E-state index in [1.165, 1.54) is 12.1 Å². The van der Waals surface area contributed by atoms with E-state index in [-0.39, 0.29) is 17.6 Å². The molecule has 6 nitrogen and oxygen atoms in total. The molecule has 1 fully saturated rings. The first-order valence-electron chi connectivity index (χ1n) is 4.91. The van der Waals surface area contributed by atoms with Crippen molar-refractivity contribution in [3.05, 3.63) is 34.4 Å². The molecular weight excluding hydrogens is 210 g/mol. The van der Waals surface area contributed by atoms with Crippen molar-refractivity contribution in [2.45, 2.75) is 19.4 Å². The topological polar surface area (TPSA) is 75.5 Å². The lowest BCUT2D eigenvalue weighted by molar-refractivity contribution is -0.384. The van der Waals surface area contributed by atoms with E-state index in [0.717, 1.165) is 5.69 Å². The van der Waals surface area contributed by atoms with Crippen molar-refractivity contribution >= 4 is 17.3 Å². The quantitative estimate of drug-likeness (QED) is 0.602. The summed E-state index contributed by atoms with van der Waals surface area (Å²) in [6.07, 6.45) is 0.441. The maximum atomic E-state index is 11.2. The first kappa shape index (κ1) is 10.4. The van der Waals surface area contributed by atoms with Gasteiger partial charge in [0.25, 0.3) is 5.69 Å². The van der Waals surface area contributed by atoms with Crippen LogP contribution in [0.2, 0.25) is 0 Å². The van der Waals surface area contributed by atoms with E-state index in [0.29, 0.717) is 6.42 Å². The molecule has 0 spiro atoms. The van der Waals surface area contributed by atoms with Crippen LogP contribution in [0.1, 0.15) is 13.3 Å². The highest BCUT2D eigenvalue weighted by Gasteiger charge is 2.26. The Bertz CT molecular complexity index is 429. The number of carbonyl (C=O) groups excluding carboxylic acids is 1. The maximum absolute atomic E-state index is 11.2. The lowest BCUT2D eigenvalue weighted by atomic mass is 10.2. The molecule has 1 aromatic rings. The standard InChI is InChI=1S/C10H11N3O3/c1-7-6-10(14)11-12(7)8-2-4-9(5-3-8)13(15)16/h2-5,7H,6H2,1H3,(H,11,14). The molecule has 84 valence electrons. The predicted octanol–water partition coefficient (Wildman–Crippen LogP) is 1.22. The highest BCUT2D eigenvalue weighted by molar-refractivity contribution is 5.82. The SMILES string of the molecule is CC1CC(=O)NN1c1ccc([N+](=O)[O-])cc1. The number of benzene rings is 1. The molecule has 0 aliphatic carbocycles. The second-order valence-corrected chi connectivity index (χ2v) is 3.73. The van der Waals surface area contributed by atoms with Crippen LogP contribution in [0, 0.1) is 10.1 Å². The van der Waals surface area contributed by atoms with Crippen LogP contribution in [0.3, 0.4) is 0 Å². The number of non-ortho nitro benzene ring substituents is 1. The summed E-state index contributed by atoms with van der Waals surface area (Å²) in [6.45, 7) is 1.92. The average molecular weight is 221 g/mol. The second kappa shape index (κ2) is 3.80. The van der Waals surface area contributed by atoms with Crippen LogP contribution < -0.4 is 10.4 Å². The molecule has 1 saturated heterocycles. The smallest absolute Gasteiger partial charge is 0.269 e. The predicted molar refractivity (Wildman–Crippen MR) is 57.8 cm³/mol. The number of hydrazine groups is 1. The van der Waals surface area contributed by atoms with Gasteiger partial charge in [0.15, 0.2) is 0 Å². The van der Waals surface area contributed by atoms with Gasteiger partial charge in [0.2, 0.25) is 5.91 Å². The summed E-state index contributed by atoms with van der Waals surface area (Å²) >= 11 is 0. The third-order valence-corrected chi connectivity index (χ3v) is 2.51. The summed E-state index contributed by atoms with van der Waals surface area (Å²) in [7, 11) is 0. The molecule has 0 aromatic heterocycles. The third kappa shape index (κ3) is 1.81. The van der Waals surface area contributed by atoms with Crippen LogP contribution in [-0.2, 0) is 4.79 Å². The van der Waals surface area contributed by atoms with Gasteiger partial charge in [-0.25, -0.2) is 0 Å². The highest BCUT2D eigenvalue weighted by atomic mass is 16.6. The van der Waals surface area contributed by atoms with E-state index in [9.17, 15) is 14.9 Å². The molecule has 1 heterocycles. The van der Waals surface area contributed by atoms with Crippen LogP contribution in [-0.4, -0.2) is 16.9 Å². The van der Waals surface area contributed by atoms with Crippen LogP contribution in [0.5, 0.6) is 0 Å². The Hall–Kier alpha value is -2.11. The van der Waals surface area contributed by atoms with Crippen molar-refractivity contribution in [1.29, 1.82) is 0 Å². The normalized spacial score (nSPS) is 19.7. The Morgan fingerprint density at radius 1 is 1.44 bits per heavy atom. The molecule has 1 atom stereocenters. The van der Waals surface area contributed by atoms with E-state index in [1.54, 1.807) is 17.1 Å². The van der Waals surface area contributed by atoms with Gasteiger partial charge in [-0.1, -0.05) is 0 Å². The lowest BCUT2D eigenvalue weighted by Crippen LogP contribution is -2.36. The van der Waals surface area contributed by atoms with Gasteiger partial charge in [0, 0.05) is 12.1 Å². The zero-order valence-electron chi connectivity index (χ0n) is 8.71. The number of hydrogen-bond acceptors (Lipinski definition) is 4. The molecule has 2 rings (SSSR count). The Labute approximate surface area is 92.0 Å². The zero-order valence-corrected chi connectivity index (χ0v) is 8.71. The number of nitrogens with zero attached hydrogens (tertiary/aromatic N) is 2.